The summed E-state index contributed by atoms with van der Waals surface area (Å²) in [6.07, 6.45) is 3.48. The first kappa shape index (κ1) is 18.6. The smallest absolute Gasteiger partial charge is 0.351 e. The molecule has 0 atom stereocenters. The Hall–Kier alpha value is -2.20. The van der Waals surface area contributed by atoms with Gasteiger partial charge in [0.15, 0.2) is 4.91 Å². The normalized spacial score (nSPS) is 22.7. The molecule has 1 aromatic heterocycles. The summed E-state index contributed by atoms with van der Waals surface area (Å²) in [7, 11) is -1.52. The van der Waals surface area contributed by atoms with E-state index < -0.39 is 43.5 Å². The molecular formula is C16H20N2O7S. The molecule has 1 aliphatic carbocycles. The number of aliphatic hydroxyl groups excluding tert-OH is 1. The van der Waals surface area contributed by atoms with E-state index in [0.29, 0.717) is 12.8 Å². The van der Waals surface area contributed by atoms with Gasteiger partial charge in [-0.1, -0.05) is 6.42 Å². The lowest BCUT2D eigenvalue weighted by molar-refractivity contribution is -0.145. The standard InChI is InChI=1S/C16H20N2O7S/c1-17-11(9-19)10(13(20)18(2)15(17)22)8-12-14(21)25-16(26(12,23)24)6-4-3-5-7-16/h8,19H,3-7,9H2,1-2H3/b12-8+. The molecule has 10 heteroatoms. The van der Waals surface area contributed by atoms with E-state index in [0.717, 1.165) is 21.6 Å². The molecule has 1 N–H and O–H groups in total. The number of sulfone groups is 1. The fraction of sp³-hybridized carbons (Fsp3) is 0.562. The molecule has 1 spiro atoms. The highest BCUT2D eigenvalue weighted by Gasteiger charge is 2.57. The zero-order chi connectivity index (χ0) is 19.3. The van der Waals surface area contributed by atoms with Gasteiger partial charge >= 0.3 is 11.7 Å². The molecule has 0 amide bonds. The molecule has 2 fully saturated rings. The zero-order valence-corrected chi connectivity index (χ0v) is 15.3. The molecule has 3 rings (SSSR count). The minimum atomic E-state index is -4.10. The zero-order valence-electron chi connectivity index (χ0n) is 14.5. The molecule has 2 heterocycles. The number of hydrogen-bond donors (Lipinski definition) is 1. The van der Waals surface area contributed by atoms with Crippen LogP contribution in [0, 0.1) is 0 Å². The molecule has 1 saturated heterocycles. The number of carbonyl (C=O) groups excluding carboxylic acids is 1. The third-order valence-corrected chi connectivity index (χ3v) is 7.46. The Bertz CT molecular complexity index is 1020. The van der Waals surface area contributed by atoms with Crippen molar-refractivity contribution in [1.82, 2.24) is 9.13 Å². The van der Waals surface area contributed by atoms with Gasteiger partial charge in [0.05, 0.1) is 17.9 Å². The van der Waals surface area contributed by atoms with E-state index in [1.165, 1.54) is 14.1 Å². The molecule has 0 aromatic carbocycles. The summed E-state index contributed by atoms with van der Waals surface area (Å²) in [6, 6.07) is 0. The van der Waals surface area contributed by atoms with Crippen molar-refractivity contribution in [1.29, 1.82) is 0 Å². The molecule has 0 bridgehead atoms. The summed E-state index contributed by atoms with van der Waals surface area (Å²) in [5.74, 6) is -1.01. The number of hydrogen-bond acceptors (Lipinski definition) is 7. The first-order valence-corrected chi connectivity index (χ1v) is 9.74. The molecule has 0 radical (unpaired) electrons. The molecule has 9 nitrogen and oxygen atoms in total. The average molecular weight is 384 g/mol. The lowest BCUT2D eigenvalue weighted by atomic mass is 9.97. The number of nitrogens with zero attached hydrogens (tertiary/aromatic N) is 2. The van der Waals surface area contributed by atoms with E-state index >= 15 is 0 Å². The second kappa shape index (κ2) is 6.20. The van der Waals surface area contributed by atoms with Gasteiger partial charge in [0, 0.05) is 26.9 Å². The van der Waals surface area contributed by atoms with Gasteiger partial charge < -0.3 is 9.84 Å². The Morgan fingerprint density at radius 1 is 1.12 bits per heavy atom. The SMILES string of the molecule is Cn1c(CO)c(/C=C2\C(=O)OC3(CCCCC3)S2(=O)=O)c(=O)n(C)c1=O. The van der Waals surface area contributed by atoms with E-state index in [1.807, 2.05) is 0 Å². The van der Waals surface area contributed by atoms with Gasteiger partial charge in [-0.05, 0) is 18.9 Å². The van der Waals surface area contributed by atoms with Crippen LogP contribution in [0.3, 0.4) is 0 Å². The van der Waals surface area contributed by atoms with Crippen molar-refractivity contribution in [2.45, 2.75) is 43.6 Å². The highest BCUT2D eigenvalue weighted by molar-refractivity contribution is 7.98. The third kappa shape index (κ3) is 2.47. The molecule has 26 heavy (non-hydrogen) atoms. The monoisotopic (exact) mass is 384 g/mol. The van der Waals surface area contributed by atoms with Crippen molar-refractivity contribution in [2.24, 2.45) is 14.1 Å². The van der Waals surface area contributed by atoms with E-state index in [2.05, 4.69) is 0 Å². The second-order valence-corrected chi connectivity index (χ2v) is 8.79. The maximum atomic E-state index is 13.0. The molecule has 0 unspecified atom stereocenters. The highest BCUT2D eigenvalue weighted by atomic mass is 32.2. The molecule has 2 aliphatic rings. The van der Waals surface area contributed by atoms with Crippen molar-refractivity contribution in [2.75, 3.05) is 0 Å². The Labute approximate surface area is 149 Å². The highest BCUT2D eigenvalue weighted by Crippen LogP contribution is 2.45. The second-order valence-electron chi connectivity index (χ2n) is 6.60. The van der Waals surface area contributed by atoms with E-state index in [1.54, 1.807) is 0 Å². The Balaban J connectivity index is 2.25. The fourth-order valence-corrected chi connectivity index (χ4v) is 5.51. The van der Waals surface area contributed by atoms with E-state index in [4.69, 9.17) is 4.74 Å². The summed E-state index contributed by atoms with van der Waals surface area (Å²) in [5, 5.41) is 9.55. The maximum absolute atomic E-state index is 13.0. The van der Waals surface area contributed by atoms with Crippen LogP contribution in [0.5, 0.6) is 0 Å². The summed E-state index contributed by atoms with van der Waals surface area (Å²) in [6.45, 7) is -0.666. The van der Waals surface area contributed by atoms with Gasteiger partial charge in [-0.2, -0.15) is 0 Å². The van der Waals surface area contributed by atoms with Gasteiger partial charge in [-0.3, -0.25) is 13.9 Å². The van der Waals surface area contributed by atoms with Crippen LogP contribution in [0.25, 0.3) is 6.08 Å². The van der Waals surface area contributed by atoms with E-state index in [-0.39, 0.29) is 24.1 Å². The molecule has 1 saturated carbocycles. The maximum Gasteiger partial charge on any atom is 0.351 e. The minimum Gasteiger partial charge on any atom is -0.438 e. The van der Waals surface area contributed by atoms with Crippen LogP contribution in [0.4, 0.5) is 0 Å². The van der Waals surface area contributed by atoms with Gasteiger partial charge in [-0.15, -0.1) is 0 Å². The topological polar surface area (TPSA) is 125 Å². The largest absolute Gasteiger partial charge is 0.438 e. The van der Waals surface area contributed by atoms with E-state index in [9.17, 15) is 27.9 Å². The summed E-state index contributed by atoms with van der Waals surface area (Å²) < 4.78 is 33.0. The fourth-order valence-electron chi connectivity index (χ4n) is 3.56. The molecule has 1 aromatic rings. The Kier molecular flexibility index (Phi) is 4.43. The first-order chi connectivity index (χ1) is 12.2. The number of aromatic nitrogens is 2. The summed E-state index contributed by atoms with van der Waals surface area (Å²) >= 11 is 0. The number of ether oxygens (including phenoxy) is 1. The van der Waals surface area contributed by atoms with Crippen molar-refractivity contribution in [3.8, 4) is 0 Å². The number of esters is 1. The third-order valence-electron chi connectivity index (χ3n) is 5.12. The van der Waals surface area contributed by atoms with Gasteiger partial charge in [0.2, 0.25) is 14.8 Å². The first-order valence-electron chi connectivity index (χ1n) is 8.26. The van der Waals surface area contributed by atoms with Crippen LogP contribution >= 0.6 is 0 Å². The average Bonchev–Trinajstić information content (AvgIpc) is 2.78. The number of aliphatic hydroxyl groups is 1. The summed E-state index contributed by atoms with van der Waals surface area (Å²) in [4.78, 5) is 34.5. The Morgan fingerprint density at radius 2 is 1.73 bits per heavy atom. The predicted molar refractivity (Wildman–Crippen MR) is 91.7 cm³/mol. The lowest BCUT2D eigenvalue weighted by Gasteiger charge is -2.29. The van der Waals surface area contributed by atoms with Crippen molar-refractivity contribution in [3.05, 3.63) is 37.0 Å². The van der Waals surface area contributed by atoms with Crippen molar-refractivity contribution < 1.29 is 23.1 Å². The van der Waals surface area contributed by atoms with Crippen LogP contribution < -0.4 is 11.2 Å². The van der Waals surface area contributed by atoms with Crippen molar-refractivity contribution in [3.63, 3.8) is 0 Å². The number of carbonyl (C=O) groups is 1. The molecular weight excluding hydrogens is 364 g/mol. The van der Waals surface area contributed by atoms with Crippen LogP contribution in [-0.2, 0) is 40.1 Å². The molecule has 142 valence electrons. The summed E-state index contributed by atoms with van der Waals surface area (Å²) in [5.41, 5.74) is -1.75. The quantitative estimate of drug-likeness (QED) is 0.541. The minimum absolute atomic E-state index is 0.0711. The number of rotatable bonds is 2. The van der Waals surface area contributed by atoms with Gasteiger partial charge in [0.25, 0.3) is 5.56 Å². The van der Waals surface area contributed by atoms with Gasteiger partial charge in [-0.25, -0.2) is 18.0 Å². The molecule has 1 aliphatic heterocycles. The van der Waals surface area contributed by atoms with Gasteiger partial charge in [0.1, 0.15) is 0 Å². The lowest BCUT2D eigenvalue weighted by Crippen LogP contribution is -2.40. The Morgan fingerprint density at radius 3 is 2.31 bits per heavy atom. The van der Waals surface area contributed by atoms with Crippen LogP contribution in [-0.4, -0.2) is 33.6 Å². The van der Waals surface area contributed by atoms with Crippen LogP contribution in [0.1, 0.15) is 43.4 Å². The van der Waals surface area contributed by atoms with Crippen LogP contribution in [0.15, 0.2) is 14.5 Å². The van der Waals surface area contributed by atoms with Crippen molar-refractivity contribution >= 4 is 21.9 Å². The predicted octanol–water partition coefficient (Wildman–Crippen LogP) is -0.451. The van der Waals surface area contributed by atoms with Crippen LogP contribution in [0.2, 0.25) is 0 Å².